The molecular weight excluding hydrogens is 455 g/mol. The summed E-state index contributed by atoms with van der Waals surface area (Å²) < 4.78 is 73.1. The second-order valence-corrected chi connectivity index (χ2v) is 9.14. The zero-order chi connectivity index (χ0) is 23.5. The Morgan fingerprint density at radius 2 is 1.88 bits per heavy atom. The van der Waals surface area contributed by atoms with Crippen molar-refractivity contribution in [2.24, 2.45) is 0 Å². The van der Waals surface area contributed by atoms with Crippen LogP contribution in [-0.4, -0.2) is 81.6 Å². The van der Waals surface area contributed by atoms with Gasteiger partial charge in [0.15, 0.2) is 0 Å². The monoisotopic (exact) mass is 477 g/mol. The molecule has 0 saturated carbocycles. The van der Waals surface area contributed by atoms with Crippen molar-refractivity contribution in [3.63, 3.8) is 0 Å². The SMILES string of the molecule is CS(=O)(=O)N(CCN1CCOCC1)c1ccc2c(ccn2CC(=O)OC(=O)C(F)(F)F)c1. The lowest BCUT2D eigenvalue weighted by Crippen LogP contribution is -2.43. The van der Waals surface area contributed by atoms with Crippen molar-refractivity contribution < 1.29 is 40.7 Å². The molecule has 32 heavy (non-hydrogen) atoms. The number of benzene rings is 1. The third-order valence-electron chi connectivity index (χ3n) is 4.90. The highest BCUT2D eigenvalue weighted by Gasteiger charge is 2.42. The lowest BCUT2D eigenvalue weighted by Gasteiger charge is -2.30. The highest BCUT2D eigenvalue weighted by atomic mass is 32.2. The summed E-state index contributed by atoms with van der Waals surface area (Å²) in [4.78, 5) is 24.6. The molecule has 1 aromatic carbocycles. The maximum atomic E-state index is 12.4. The molecule has 0 radical (unpaired) electrons. The van der Waals surface area contributed by atoms with Crippen molar-refractivity contribution in [1.82, 2.24) is 9.47 Å². The zero-order valence-electron chi connectivity index (χ0n) is 17.2. The number of fused-ring (bicyclic) bond motifs is 1. The Morgan fingerprint density at radius 1 is 1.19 bits per heavy atom. The molecule has 1 aliphatic heterocycles. The van der Waals surface area contributed by atoms with Crippen LogP contribution in [0, 0.1) is 0 Å². The number of esters is 2. The molecule has 1 fully saturated rings. The number of carbonyl (C=O) groups excluding carboxylic acids is 2. The first-order valence-corrected chi connectivity index (χ1v) is 11.5. The minimum atomic E-state index is -5.26. The predicted molar refractivity (Wildman–Crippen MR) is 109 cm³/mol. The van der Waals surface area contributed by atoms with Gasteiger partial charge in [0, 0.05) is 43.3 Å². The average Bonchev–Trinajstić information content (AvgIpc) is 3.09. The molecule has 1 aliphatic rings. The molecule has 0 N–H and O–H groups in total. The van der Waals surface area contributed by atoms with E-state index < -0.39 is 34.7 Å². The molecule has 0 amide bonds. The Balaban J connectivity index is 1.75. The summed E-state index contributed by atoms with van der Waals surface area (Å²) in [5.41, 5.74) is 0.882. The second kappa shape index (κ2) is 9.46. The summed E-state index contributed by atoms with van der Waals surface area (Å²) >= 11 is 0. The van der Waals surface area contributed by atoms with Gasteiger partial charge in [-0.05, 0) is 24.3 Å². The maximum Gasteiger partial charge on any atom is 0.491 e. The lowest BCUT2D eigenvalue weighted by atomic mass is 10.2. The van der Waals surface area contributed by atoms with E-state index >= 15 is 0 Å². The first kappa shape index (κ1) is 24.0. The van der Waals surface area contributed by atoms with E-state index in [-0.39, 0.29) is 6.54 Å². The van der Waals surface area contributed by atoms with Gasteiger partial charge in [0.05, 0.1) is 25.2 Å². The van der Waals surface area contributed by atoms with E-state index in [1.165, 1.54) is 15.1 Å². The number of anilines is 1. The van der Waals surface area contributed by atoms with Gasteiger partial charge >= 0.3 is 18.1 Å². The van der Waals surface area contributed by atoms with Gasteiger partial charge in [0.25, 0.3) is 0 Å². The predicted octanol–water partition coefficient (Wildman–Crippen LogP) is 1.37. The number of hydrogen-bond donors (Lipinski definition) is 0. The highest BCUT2D eigenvalue weighted by Crippen LogP contribution is 2.25. The van der Waals surface area contributed by atoms with Crippen LogP contribution >= 0.6 is 0 Å². The Hall–Kier alpha value is -2.64. The van der Waals surface area contributed by atoms with Crippen LogP contribution in [0.1, 0.15) is 0 Å². The number of halogens is 3. The molecule has 0 spiro atoms. The molecule has 0 aliphatic carbocycles. The first-order chi connectivity index (χ1) is 14.9. The topological polar surface area (TPSA) is 98.2 Å². The summed E-state index contributed by atoms with van der Waals surface area (Å²) in [5.74, 6) is -3.94. The van der Waals surface area contributed by atoms with Crippen molar-refractivity contribution in [1.29, 1.82) is 0 Å². The molecule has 2 aromatic rings. The van der Waals surface area contributed by atoms with Crippen molar-refractivity contribution in [3.8, 4) is 0 Å². The van der Waals surface area contributed by atoms with Gasteiger partial charge in [0.2, 0.25) is 10.0 Å². The van der Waals surface area contributed by atoms with Crippen molar-refractivity contribution in [2.45, 2.75) is 12.7 Å². The number of hydrogen-bond acceptors (Lipinski definition) is 7. The second-order valence-electron chi connectivity index (χ2n) is 7.24. The summed E-state index contributed by atoms with van der Waals surface area (Å²) in [7, 11) is -3.58. The molecule has 176 valence electrons. The van der Waals surface area contributed by atoms with Crippen LogP contribution in [0.25, 0.3) is 10.9 Å². The molecule has 0 bridgehead atoms. The van der Waals surface area contributed by atoms with E-state index in [4.69, 9.17) is 4.74 Å². The molecule has 1 aromatic heterocycles. The lowest BCUT2D eigenvalue weighted by molar-refractivity contribution is -0.202. The Kier molecular flexibility index (Phi) is 7.10. The number of rotatable bonds is 7. The molecule has 1 saturated heterocycles. The highest BCUT2D eigenvalue weighted by molar-refractivity contribution is 7.92. The van der Waals surface area contributed by atoms with Crippen LogP contribution in [0.2, 0.25) is 0 Å². The molecule has 9 nitrogen and oxygen atoms in total. The average molecular weight is 477 g/mol. The third kappa shape index (κ3) is 5.99. The Morgan fingerprint density at radius 3 is 2.50 bits per heavy atom. The summed E-state index contributed by atoms with van der Waals surface area (Å²) in [6.07, 6.45) is -2.72. The fourth-order valence-corrected chi connectivity index (χ4v) is 4.27. The van der Waals surface area contributed by atoms with Crippen molar-refractivity contribution in [2.75, 3.05) is 50.0 Å². The van der Waals surface area contributed by atoms with Gasteiger partial charge in [-0.1, -0.05) is 0 Å². The summed E-state index contributed by atoms with van der Waals surface area (Å²) in [5, 5.41) is 0.567. The van der Waals surface area contributed by atoms with Gasteiger partial charge < -0.3 is 14.0 Å². The van der Waals surface area contributed by atoms with Crippen LogP contribution in [0.5, 0.6) is 0 Å². The van der Waals surface area contributed by atoms with E-state index in [0.29, 0.717) is 49.4 Å². The number of aromatic nitrogens is 1. The van der Waals surface area contributed by atoms with Crippen molar-refractivity contribution in [3.05, 3.63) is 30.5 Å². The van der Waals surface area contributed by atoms with E-state index in [2.05, 4.69) is 9.64 Å². The smallest absolute Gasteiger partial charge is 0.385 e. The third-order valence-corrected chi connectivity index (χ3v) is 6.10. The summed E-state index contributed by atoms with van der Waals surface area (Å²) in [6.45, 7) is 2.76. The maximum absolute atomic E-state index is 12.4. The molecule has 2 heterocycles. The van der Waals surface area contributed by atoms with Crippen molar-refractivity contribution >= 4 is 38.6 Å². The Bertz CT molecular complexity index is 1090. The molecule has 13 heteroatoms. The van der Waals surface area contributed by atoms with E-state index in [9.17, 15) is 31.2 Å². The first-order valence-electron chi connectivity index (χ1n) is 9.64. The fourth-order valence-electron chi connectivity index (χ4n) is 3.36. The largest absolute Gasteiger partial charge is 0.491 e. The minimum Gasteiger partial charge on any atom is -0.385 e. The van der Waals surface area contributed by atoms with Gasteiger partial charge in [-0.25, -0.2) is 18.0 Å². The standard InChI is InChI=1S/C19H22F3N3O6S/c1-32(28,29)25(7-6-23-8-10-30-11-9-23)15-2-3-16-14(12-15)4-5-24(16)13-17(26)31-18(27)19(20,21)22/h2-5,12H,6-11,13H2,1H3. The number of carbonyl (C=O) groups is 2. The van der Waals surface area contributed by atoms with Gasteiger partial charge in [-0.15, -0.1) is 0 Å². The molecule has 3 rings (SSSR count). The van der Waals surface area contributed by atoms with Gasteiger partial charge in [-0.2, -0.15) is 13.2 Å². The Labute approximate surface area is 182 Å². The van der Waals surface area contributed by atoms with Crippen LogP contribution in [0.4, 0.5) is 18.9 Å². The van der Waals surface area contributed by atoms with Crippen LogP contribution < -0.4 is 4.31 Å². The van der Waals surface area contributed by atoms with E-state index in [1.54, 1.807) is 24.3 Å². The van der Waals surface area contributed by atoms with E-state index in [1.807, 2.05) is 0 Å². The normalized spacial score (nSPS) is 15.6. The van der Waals surface area contributed by atoms with Crippen LogP contribution in [-0.2, 0) is 35.6 Å². The number of alkyl halides is 3. The number of sulfonamides is 1. The van der Waals surface area contributed by atoms with E-state index in [0.717, 1.165) is 6.26 Å². The van der Waals surface area contributed by atoms with Gasteiger partial charge in [-0.3, -0.25) is 9.21 Å². The van der Waals surface area contributed by atoms with Gasteiger partial charge in [0.1, 0.15) is 6.54 Å². The zero-order valence-corrected chi connectivity index (χ0v) is 18.0. The summed E-state index contributed by atoms with van der Waals surface area (Å²) in [6, 6.07) is 6.29. The number of nitrogens with zero attached hydrogens (tertiary/aromatic N) is 3. The minimum absolute atomic E-state index is 0.233. The molecule has 0 atom stereocenters. The quantitative estimate of drug-likeness (QED) is 0.439. The van der Waals surface area contributed by atoms with Crippen LogP contribution in [0.3, 0.4) is 0 Å². The number of morpholine rings is 1. The molecule has 0 unspecified atom stereocenters. The number of ether oxygens (including phenoxy) is 2. The fraction of sp³-hybridized carbons (Fsp3) is 0.474. The molecular formula is C19H22F3N3O6S. The van der Waals surface area contributed by atoms with Crippen LogP contribution in [0.15, 0.2) is 30.5 Å².